The summed E-state index contributed by atoms with van der Waals surface area (Å²) < 4.78 is 0. The number of amides is 1. The Hall–Kier alpha value is -3.28. The first-order valence-corrected chi connectivity index (χ1v) is 8.00. The van der Waals surface area contributed by atoms with Gasteiger partial charge in [0.15, 0.2) is 0 Å². The lowest BCUT2D eigenvalue weighted by Gasteiger charge is -2.09. The molecule has 0 fully saturated rings. The largest absolute Gasteiger partial charge is 0.366 e. The fourth-order valence-corrected chi connectivity index (χ4v) is 2.35. The lowest BCUT2D eigenvalue weighted by Crippen LogP contribution is -2.24. The van der Waals surface area contributed by atoms with Crippen molar-refractivity contribution in [1.82, 2.24) is 20.3 Å². The molecule has 126 valence electrons. The van der Waals surface area contributed by atoms with Crippen LogP contribution in [-0.2, 0) is 13.1 Å². The van der Waals surface area contributed by atoms with Crippen LogP contribution < -0.4 is 10.6 Å². The molecule has 6 nitrogen and oxygen atoms in total. The fraction of sp³-hybridized carbons (Fsp3) is 0.158. The molecule has 0 aliphatic carbocycles. The van der Waals surface area contributed by atoms with Crippen LogP contribution in [0.2, 0.25) is 0 Å². The summed E-state index contributed by atoms with van der Waals surface area (Å²) in [5.41, 5.74) is 3.64. The van der Waals surface area contributed by atoms with E-state index in [0.717, 1.165) is 16.7 Å². The zero-order valence-corrected chi connectivity index (χ0v) is 13.9. The molecule has 0 unspecified atom stereocenters. The summed E-state index contributed by atoms with van der Waals surface area (Å²) in [6.07, 6.45) is 4.86. The third-order valence-corrected chi connectivity index (χ3v) is 3.82. The van der Waals surface area contributed by atoms with Crippen molar-refractivity contribution in [2.45, 2.75) is 20.0 Å². The van der Waals surface area contributed by atoms with Gasteiger partial charge in [-0.1, -0.05) is 24.3 Å². The molecule has 3 aromatic rings. The van der Waals surface area contributed by atoms with E-state index in [0.29, 0.717) is 24.6 Å². The van der Waals surface area contributed by atoms with E-state index in [9.17, 15) is 4.79 Å². The van der Waals surface area contributed by atoms with E-state index in [-0.39, 0.29) is 5.91 Å². The molecule has 0 atom stereocenters. The number of nitrogens with zero attached hydrogens (tertiary/aromatic N) is 3. The van der Waals surface area contributed by atoms with E-state index in [1.54, 1.807) is 18.5 Å². The van der Waals surface area contributed by atoms with Crippen molar-refractivity contribution < 1.29 is 4.79 Å². The van der Waals surface area contributed by atoms with E-state index in [2.05, 4.69) is 25.6 Å². The number of carbonyl (C=O) groups excluding carboxylic acids is 1. The van der Waals surface area contributed by atoms with Crippen LogP contribution in [0, 0.1) is 6.92 Å². The summed E-state index contributed by atoms with van der Waals surface area (Å²) in [6.45, 7) is 3.09. The third kappa shape index (κ3) is 4.60. The molecule has 0 aliphatic rings. The Kier molecular flexibility index (Phi) is 5.31. The monoisotopic (exact) mass is 333 g/mol. The highest BCUT2D eigenvalue weighted by molar-refractivity contribution is 5.92. The number of anilines is 1. The van der Waals surface area contributed by atoms with Crippen LogP contribution in [0.1, 0.15) is 27.2 Å². The fourth-order valence-electron chi connectivity index (χ4n) is 2.35. The van der Waals surface area contributed by atoms with Crippen molar-refractivity contribution in [1.29, 1.82) is 0 Å². The van der Waals surface area contributed by atoms with Gasteiger partial charge >= 0.3 is 0 Å². The molecule has 0 saturated carbocycles. The summed E-state index contributed by atoms with van der Waals surface area (Å²) in [5.74, 6) is 0.380. The van der Waals surface area contributed by atoms with Crippen molar-refractivity contribution in [3.63, 3.8) is 0 Å². The van der Waals surface area contributed by atoms with Gasteiger partial charge in [-0.05, 0) is 35.7 Å². The molecule has 1 amide bonds. The smallest absolute Gasteiger partial charge is 0.270 e. The minimum Gasteiger partial charge on any atom is -0.366 e. The number of hydrogen-bond acceptors (Lipinski definition) is 5. The number of benzene rings is 1. The van der Waals surface area contributed by atoms with Crippen molar-refractivity contribution in [2.75, 3.05) is 5.32 Å². The molecule has 0 saturated heterocycles. The van der Waals surface area contributed by atoms with Crippen LogP contribution in [0.3, 0.4) is 0 Å². The van der Waals surface area contributed by atoms with Gasteiger partial charge in [-0.15, -0.1) is 0 Å². The minimum absolute atomic E-state index is 0.224. The third-order valence-electron chi connectivity index (χ3n) is 3.82. The number of carbonyl (C=O) groups is 1. The van der Waals surface area contributed by atoms with Crippen molar-refractivity contribution >= 4 is 11.7 Å². The van der Waals surface area contributed by atoms with E-state index in [4.69, 9.17) is 0 Å². The highest BCUT2D eigenvalue weighted by atomic mass is 16.1. The second-order valence-corrected chi connectivity index (χ2v) is 5.61. The maximum absolute atomic E-state index is 12.3. The van der Waals surface area contributed by atoms with Crippen LogP contribution >= 0.6 is 0 Å². The van der Waals surface area contributed by atoms with Crippen molar-refractivity contribution in [3.05, 3.63) is 83.6 Å². The van der Waals surface area contributed by atoms with Crippen LogP contribution in [0.15, 0.2) is 61.2 Å². The number of rotatable bonds is 6. The Morgan fingerprint density at radius 3 is 2.64 bits per heavy atom. The van der Waals surface area contributed by atoms with Crippen LogP contribution in [-0.4, -0.2) is 20.9 Å². The van der Waals surface area contributed by atoms with Gasteiger partial charge in [0.25, 0.3) is 5.91 Å². The van der Waals surface area contributed by atoms with Crippen LogP contribution in [0.25, 0.3) is 0 Å². The van der Waals surface area contributed by atoms with Gasteiger partial charge in [0.05, 0.1) is 0 Å². The van der Waals surface area contributed by atoms with Gasteiger partial charge in [0.1, 0.15) is 17.8 Å². The molecular weight excluding hydrogens is 314 g/mol. The Bertz CT molecular complexity index is 851. The maximum atomic E-state index is 12.3. The minimum atomic E-state index is -0.224. The van der Waals surface area contributed by atoms with Gasteiger partial charge in [-0.3, -0.25) is 9.78 Å². The summed E-state index contributed by atoms with van der Waals surface area (Å²) in [6, 6.07) is 13.4. The summed E-state index contributed by atoms with van der Waals surface area (Å²) in [4.78, 5) is 24.5. The van der Waals surface area contributed by atoms with E-state index >= 15 is 0 Å². The van der Waals surface area contributed by atoms with Crippen LogP contribution in [0.5, 0.6) is 0 Å². The number of aromatic nitrogens is 3. The normalized spacial score (nSPS) is 10.3. The summed E-state index contributed by atoms with van der Waals surface area (Å²) in [7, 11) is 0. The highest BCUT2D eigenvalue weighted by Gasteiger charge is 2.09. The number of pyridine rings is 1. The van der Waals surface area contributed by atoms with Crippen molar-refractivity contribution in [3.8, 4) is 0 Å². The molecule has 0 aliphatic heterocycles. The first-order valence-electron chi connectivity index (χ1n) is 8.00. The lowest BCUT2D eigenvalue weighted by molar-refractivity contribution is 0.0945. The molecule has 2 N–H and O–H groups in total. The molecule has 1 aromatic carbocycles. The van der Waals surface area contributed by atoms with Gasteiger partial charge in [0, 0.05) is 31.5 Å². The predicted molar refractivity (Wildman–Crippen MR) is 95.9 cm³/mol. The van der Waals surface area contributed by atoms with Gasteiger partial charge in [-0.2, -0.15) is 0 Å². The van der Waals surface area contributed by atoms with Crippen molar-refractivity contribution in [2.24, 2.45) is 0 Å². The standard InChI is InChI=1S/C19H19N5O/c1-14-4-2-3-5-16(14)12-22-19(25)17-10-18(24-13-23-17)21-11-15-6-8-20-9-7-15/h2-10,13H,11-12H2,1H3,(H,22,25)(H,21,23,24). The molecule has 0 spiro atoms. The summed E-state index contributed by atoms with van der Waals surface area (Å²) >= 11 is 0. The second kappa shape index (κ2) is 8.01. The Labute approximate surface area is 146 Å². The molecular formula is C19H19N5O. The molecule has 0 bridgehead atoms. The summed E-state index contributed by atoms with van der Waals surface area (Å²) in [5, 5.41) is 6.07. The zero-order valence-electron chi connectivity index (χ0n) is 13.9. The van der Waals surface area contributed by atoms with Gasteiger partial charge in [-0.25, -0.2) is 9.97 Å². The lowest BCUT2D eigenvalue weighted by atomic mass is 10.1. The predicted octanol–water partition coefficient (Wildman–Crippen LogP) is 2.72. The quantitative estimate of drug-likeness (QED) is 0.725. The first-order chi connectivity index (χ1) is 12.2. The Morgan fingerprint density at radius 2 is 1.84 bits per heavy atom. The number of aryl methyl sites for hydroxylation is 1. The van der Waals surface area contributed by atoms with Gasteiger partial charge in [0.2, 0.25) is 0 Å². The first kappa shape index (κ1) is 16.6. The molecule has 3 rings (SSSR count). The number of nitrogens with one attached hydrogen (secondary N) is 2. The Morgan fingerprint density at radius 1 is 1.04 bits per heavy atom. The SMILES string of the molecule is Cc1ccccc1CNC(=O)c1cc(NCc2ccncc2)ncn1. The molecule has 25 heavy (non-hydrogen) atoms. The second-order valence-electron chi connectivity index (χ2n) is 5.61. The van der Waals surface area contributed by atoms with Crippen LogP contribution in [0.4, 0.5) is 5.82 Å². The Balaban J connectivity index is 1.60. The maximum Gasteiger partial charge on any atom is 0.270 e. The molecule has 2 heterocycles. The van der Waals surface area contributed by atoms with Gasteiger partial charge < -0.3 is 10.6 Å². The van der Waals surface area contributed by atoms with E-state index in [1.807, 2.05) is 43.3 Å². The average Bonchev–Trinajstić information content (AvgIpc) is 2.66. The average molecular weight is 333 g/mol. The van der Waals surface area contributed by atoms with E-state index in [1.165, 1.54) is 6.33 Å². The number of hydrogen-bond donors (Lipinski definition) is 2. The molecule has 6 heteroatoms. The molecule has 2 aromatic heterocycles. The zero-order chi connectivity index (χ0) is 17.5. The topological polar surface area (TPSA) is 79.8 Å². The van der Waals surface area contributed by atoms with E-state index < -0.39 is 0 Å². The highest BCUT2D eigenvalue weighted by Crippen LogP contribution is 2.09. The molecule has 0 radical (unpaired) electrons.